The van der Waals surface area contributed by atoms with Crippen molar-refractivity contribution in [3.05, 3.63) is 46.8 Å². The fourth-order valence-electron chi connectivity index (χ4n) is 3.08. The minimum absolute atomic E-state index is 0.0721. The molecule has 0 aliphatic carbocycles. The Morgan fingerprint density at radius 2 is 1.96 bits per heavy atom. The average Bonchev–Trinajstić information content (AvgIpc) is 2.98. The topological polar surface area (TPSA) is 93.5 Å². The Morgan fingerprint density at radius 3 is 2.64 bits per heavy atom. The Bertz CT molecular complexity index is 807. The third-order valence-corrected chi connectivity index (χ3v) is 4.48. The Morgan fingerprint density at radius 1 is 1.24 bits per heavy atom. The number of ether oxygens (including phenoxy) is 1. The van der Waals surface area contributed by atoms with Crippen molar-refractivity contribution in [3.63, 3.8) is 0 Å². The van der Waals surface area contributed by atoms with Gasteiger partial charge in [0.15, 0.2) is 0 Å². The number of carbonyl (C=O) groups excluding carboxylic acids is 1. The van der Waals surface area contributed by atoms with Gasteiger partial charge in [-0.3, -0.25) is 9.48 Å². The van der Waals surface area contributed by atoms with Crippen LogP contribution in [0, 0.1) is 13.8 Å². The molecule has 25 heavy (non-hydrogen) atoms. The molecule has 132 valence electrons. The number of hydrogen-bond acceptors (Lipinski definition) is 4. The number of hydrogen-bond donors (Lipinski definition) is 2. The van der Waals surface area contributed by atoms with E-state index in [1.165, 1.54) is 12.3 Å². The van der Waals surface area contributed by atoms with Crippen LogP contribution in [0.2, 0.25) is 0 Å². The number of carbonyl (C=O) groups is 2. The Hall–Kier alpha value is -2.67. The van der Waals surface area contributed by atoms with E-state index in [1.807, 2.05) is 11.6 Å². The second-order valence-corrected chi connectivity index (χ2v) is 6.24. The maximum atomic E-state index is 12.6. The minimum Gasteiger partial charge on any atom is -0.478 e. The van der Waals surface area contributed by atoms with Crippen LogP contribution < -0.4 is 5.32 Å². The standard InChI is InChI=1S/C18H21N3O4/c1-11-3-4-16(14(9-11)18(23)24)20-17(22)15-10-19-21(12(15)2)13-5-7-25-8-6-13/h3-4,9-10,13H,5-8H2,1-2H3,(H,20,22)(H,23,24). The molecule has 2 N–H and O–H groups in total. The predicted octanol–water partition coefficient (Wildman–Crippen LogP) is 2.80. The van der Waals surface area contributed by atoms with Crippen LogP contribution in [0.25, 0.3) is 0 Å². The molecule has 0 unspecified atom stereocenters. The number of carboxylic acid groups (broad SMARTS) is 1. The van der Waals surface area contributed by atoms with E-state index in [-0.39, 0.29) is 23.2 Å². The normalized spacial score (nSPS) is 15.1. The zero-order chi connectivity index (χ0) is 18.0. The number of nitrogens with one attached hydrogen (secondary N) is 1. The molecule has 1 amide bonds. The summed E-state index contributed by atoms with van der Waals surface area (Å²) in [4.78, 5) is 24.0. The lowest BCUT2D eigenvalue weighted by Crippen LogP contribution is -2.22. The van der Waals surface area contributed by atoms with Crippen molar-refractivity contribution in [1.29, 1.82) is 0 Å². The van der Waals surface area contributed by atoms with E-state index >= 15 is 0 Å². The number of aromatic carboxylic acids is 1. The molecule has 2 aromatic rings. The van der Waals surface area contributed by atoms with Crippen molar-refractivity contribution in [2.75, 3.05) is 18.5 Å². The first-order valence-corrected chi connectivity index (χ1v) is 8.24. The summed E-state index contributed by atoms with van der Waals surface area (Å²) in [7, 11) is 0. The summed E-state index contributed by atoms with van der Waals surface area (Å²) in [5.41, 5.74) is 2.39. The SMILES string of the molecule is Cc1ccc(NC(=O)c2cnn(C3CCOCC3)c2C)c(C(=O)O)c1. The lowest BCUT2D eigenvalue weighted by Gasteiger charge is -2.23. The summed E-state index contributed by atoms with van der Waals surface area (Å²) in [5.74, 6) is -1.43. The largest absolute Gasteiger partial charge is 0.478 e. The lowest BCUT2D eigenvalue weighted by atomic mass is 10.1. The van der Waals surface area contributed by atoms with Gasteiger partial charge in [-0.05, 0) is 38.8 Å². The molecule has 1 aromatic heterocycles. The van der Waals surface area contributed by atoms with Gasteiger partial charge >= 0.3 is 5.97 Å². The molecule has 1 aromatic carbocycles. The van der Waals surface area contributed by atoms with Gasteiger partial charge in [-0.15, -0.1) is 0 Å². The molecule has 0 atom stereocenters. The van der Waals surface area contributed by atoms with Crippen molar-refractivity contribution in [3.8, 4) is 0 Å². The van der Waals surface area contributed by atoms with Crippen LogP contribution in [-0.4, -0.2) is 40.0 Å². The van der Waals surface area contributed by atoms with Crippen LogP contribution >= 0.6 is 0 Å². The maximum Gasteiger partial charge on any atom is 0.337 e. The number of anilines is 1. The van der Waals surface area contributed by atoms with E-state index in [1.54, 1.807) is 19.1 Å². The van der Waals surface area contributed by atoms with E-state index in [4.69, 9.17) is 4.74 Å². The quantitative estimate of drug-likeness (QED) is 0.890. The fraction of sp³-hybridized carbons (Fsp3) is 0.389. The van der Waals surface area contributed by atoms with Crippen molar-refractivity contribution < 1.29 is 19.4 Å². The number of benzene rings is 1. The summed E-state index contributed by atoms with van der Waals surface area (Å²) in [5, 5.41) is 16.4. The van der Waals surface area contributed by atoms with Gasteiger partial charge < -0.3 is 15.2 Å². The molecule has 1 aliphatic rings. The zero-order valence-corrected chi connectivity index (χ0v) is 14.3. The molecule has 0 radical (unpaired) electrons. The minimum atomic E-state index is -1.08. The van der Waals surface area contributed by atoms with Crippen LogP contribution in [-0.2, 0) is 4.74 Å². The number of aromatic nitrogens is 2. The Labute approximate surface area is 145 Å². The van der Waals surface area contributed by atoms with E-state index in [0.29, 0.717) is 18.8 Å². The molecule has 0 bridgehead atoms. The van der Waals surface area contributed by atoms with Crippen molar-refractivity contribution in [2.24, 2.45) is 0 Å². The summed E-state index contributed by atoms with van der Waals surface area (Å²) >= 11 is 0. The van der Waals surface area contributed by atoms with E-state index in [0.717, 1.165) is 24.1 Å². The second kappa shape index (κ2) is 7.06. The van der Waals surface area contributed by atoms with E-state index in [9.17, 15) is 14.7 Å². The smallest absolute Gasteiger partial charge is 0.337 e. The van der Waals surface area contributed by atoms with E-state index in [2.05, 4.69) is 10.4 Å². The van der Waals surface area contributed by atoms with Crippen molar-refractivity contribution >= 4 is 17.6 Å². The Balaban J connectivity index is 1.83. The van der Waals surface area contributed by atoms with Crippen molar-refractivity contribution in [2.45, 2.75) is 32.7 Å². The fourth-order valence-corrected chi connectivity index (χ4v) is 3.08. The van der Waals surface area contributed by atoms with Gasteiger partial charge in [0.2, 0.25) is 0 Å². The first kappa shape index (κ1) is 17.2. The van der Waals surface area contributed by atoms with Crippen LogP contribution in [0.15, 0.2) is 24.4 Å². The summed E-state index contributed by atoms with van der Waals surface area (Å²) in [6.07, 6.45) is 3.27. The molecule has 1 fully saturated rings. The van der Waals surface area contributed by atoms with Crippen LogP contribution in [0.4, 0.5) is 5.69 Å². The lowest BCUT2D eigenvalue weighted by molar-refractivity contribution is 0.0656. The predicted molar refractivity (Wildman–Crippen MR) is 92.1 cm³/mol. The van der Waals surface area contributed by atoms with Gasteiger partial charge in [-0.1, -0.05) is 11.6 Å². The highest BCUT2D eigenvalue weighted by molar-refractivity contribution is 6.08. The third-order valence-electron chi connectivity index (χ3n) is 4.48. The van der Waals surface area contributed by atoms with Crippen LogP contribution in [0.5, 0.6) is 0 Å². The number of aryl methyl sites for hydroxylation is 1. The van der Waals surface area contributed by atoms with Gasteiger partial charge in [0.05, 0.1) is 29.1 Å². The first-order chi connectivity index (χ1) is 12.0. The molecule has 7 heteroatoms. The highest BCUT2D eigenvalue weighted by Crippen LogP contribution is 2.24. The van der Waals surface area contributed by atoms with Crippen LogP contribution in [0.1, 0.15) is 50.9 Å². The highest BCUT2D eigenvalue weighted by atomic mass is 16.5. The third kappa shape index (κ3) is 3.56. The second-order valence-electron chi connectivity index (χ2n) is 6.24. The van der Waals surface area contributed by atoms with Gasteiger partial charge in [0, 0.05) is 18.9 Å². The highest BCUT2D eigenvalue weighted by Gasteiger charge is 2.22. The maximum absolute atomic E-state index is 12.6. The molecule has 3 rings (SSSR count). The zero-order valence-electron chi connectivity index (χ0n) is 14.3. The monoisotopic (exact) mass is 343 g/mol. The molecular formula is C18H21N3O4. The number of carboxylic acids is 1. The van der Waals surface area contributed by atoms with Crippen molar-refractivity contribution in [1.82, 2.24) is 9.78 Å². The summed E-state index contributed by atoms with van der Waals surface area (Å²) < 4.78 is 7.23. The first-order valence-electron chi connectivity index (χ1n) is 8.24. The summed E-state index contributed by atoms with van der Waals surface area (Å²) in [6.45, 7) is 5.04. The molecule has 0 spiro atoms. The van der Waals surface area contributed by atoms with Gasteiger partial charge in [0.1, 0.15) is 0 Å². The average molecular weight is 343 g/mol. The van der Waals surface area contributed by atoms with E-state index < -0.39 is 5.97 Å². The Kier molecular flexibility index (Phi) is 4.85. The number of rotatable bonds is 4. The molecule has 7 nitrogen and oxygen atoms in total. The molecule has 0 saturated carbocycles. The number of nitrogens with zero attached hydrogens (tertiary/aromatic N) is 2. The molecule has 1 aliphatic heterocycles. The number of amides is 1. The molecular weight excluding hydrogens is 322 g/mol. The molecule has 2 heterocycles. The van der Waals surface area contributed by atoms with Gasteiger partial charge in [-0.25, -0.2) is 4.79 Å². The van der Waals surface area contributed by atoms with Crippen LogP contribution in [0.3, 0.4) is 0 Å². The van der Waals surface area contributed by atoms with Gasteiger partial charge in [-0.2, -0.15) is 5.10 Å². The summed E-state index contributed by atoms with van der Waals surface area (Å²) in [6, 6.07) is 5.13. The van der Waals surface area contributed by atoms with Gasteiger partial charge in [0.25, 0.3) is 5.91 Å². The molecule has 1 saturated heterocycles.